The van der Waals surface area contributed by atoms with E-state index in [4.69, 9.17) is 20.8 Å². The number of benzene rings is 2. The first-order valence-corrected chi connectivity index (χ1v) is 9.46. The van der Waals surface area contributed by atoms with Crippen LogP contribution in [-0.2, 0) is 15.1 Å². The zero-order chi connectivity index (χ0) is 21.5. The number of amides is 4. The Morgan fingerprint density at radius 2 is 2.00 bits per heavy atom. The van der Waals surface area contributed by atoms with Crippen LogP contribution >= 0.6 is 11.6 Å². The van der Waals surface area contributed by atoms with Gasteiger partial charge in [-0.05, 0) is 37.3 Å². The number of imide groups is 1. The summed E-state index contributed by atoms with van der Waals surface area (Å²) >= 11 is 6.05. The van der Waals surface area contributed by atoms with E-state index in [2.05, 4.69) is 10.6 Å². The molecule has 1 fully saturated rings. The van der Waals surface area contributed by atoms with Crippen molar-refractivity contribution in [3.05, 3.63) is 59.3 Å². The largest absolute Gasteiger partial charge is 0.495 e. The number of nitrogens with one attached hydrogen (secondary N) is 2. The van der Waals surface area contributed by atoms with E-state index < -0.39 is 29.9 Å². The molecule has 1 saturated heterocycles. The highest BCUT2D eigenvalue weighted by atomic mass is 35.5. The van der Waals surface area contributed by atoms with Crippen molar-refractivity contribution in [1.82, 2.24) is 10.2 Å². The van der Waals surface area contributed by atoms with Crippen LogP contribution in [0.3, 0.4) is 0 Å². The van der Waals surface area contributed by atoms with Crippen molar-refractivity contribution >= 4 is 46.1 Å². The number of hydrogen-bond donors (Lipinski definition) is 2. The van der Waals surface area contributed by atoms with Crippen molar-refractivity contribution in [1.29, 1.82) is 0 Å². The number of furan rings is 1. The second-order valence-corrected chi connectivity index (χ2v) is 7.40. The van der Waals surface area contributed by atoms with Crippen molar-refractivity contribution in [2.24, 2.45) is 0 Å². The predicted octanol–water partition coefficient (Wildman–Crippen LogP) is 3.50. The summed E-state index contributed by atoms with van der Waals surface area (Å²) in [6.45, 7) is 1.09. The molecule has 1 atom stereocenters. The van der Waals surface area contributed by atoms with Crippen LogP contribution in [0, 0.1) is 0 Å². The zero-order valence-corrected chi connectivity index (χ0v) is 16.9. The van der Waals surface area contributed by atoms with E-state index in [-0.39, 0.29) is 0 Å². The molecule has 2 N–H and O–H groups in total. The summed E-state index contributed by atoms with van der Waals surface area (Å²) in [5.41, 5.74) is -0.388. The standard InChI is InChI=1S/C21H18ClN3O5/c1-21(17-9-12-5-3-4-6-15(12)30-17)19(27)25(20(28)24-21)11-18(26)23-13-7-8-16(29-2)14(22)10-13/h3-10H,11H2,1-2H3,(H,23,26)(H,24,28)/t21-/m1/s1. The normalized spacial score (nSPS) is 18.6. The molecule has 0 bridgehead atoms. The van der Waals surface area contributed by atoms with Crippen LogP contribution in [0.1, 0.15) is 12.7 Å². The summed E-state index contributed by atoms with van der Waals surface area (Å²) in [6.07, 6.45) is 0. The van der Waals surface area contributed by atoms with Gasteiger partial charge in [0, 0.05) is 11.1 Å². The van der Waals surface area contributed by atoms with Gasteiger partial charge in [-0.3, -0.25) is 14.5 Å². The maximum Gasteiger partial charge on any atom is 0.325 e. The Morgan fingerprint density at radius 1 is 1.23 bits per heavy atom. The highest BCUT2D eigenvalue weighted by molar-refractivity contribution is 6.32. The number of ether oxygens (including phenoxy) is 1. The molecule has 9 heteroatoms. The minimum atomic E-state index is -1.40. The summed E-state index contributed by atoms with van der Waals surface area (Å²) in [7, 11) is 1.48. The SMILES string of the molecule is COc1ccc(NC(=O)CN2C(=O)N[C@](C)(c3cc4ccccc4o3)C2=O)cc1Cl. The molecular weight excluding hydrogens is 410 g/mol. The van der Waals surface area contributed by atoms with E-state index >= 15 is 0 Å². The van der Waals surface area contributed by atoms with Crippen LogP contribution in [0.2, 0.25) is 5.02 Å². The Balaban J connectivity index is 1.51. The molecule has 1 aliphatic heterocycles. The zero-order valence-electron chi connectivity index (χ0n) is 16.2. The minimum Gasteiger partial charge on any atom is -0.495 e. The summed E-state index contributed by atoms with van der Waals surface area (Å²) in [4.78, 5) is 38.7. The van der Waals surface area contributed by atoms with Gasteiger partial charge in [0.25, 0.3) is 5.91 Å². The minimum absolute atomic E-state index is 0.298. The molecule has 0 radical (unpaired) electrons. The molecule has 0 aliphatic carbocycles. The molecule has 3 aromatic rings. The number of hydrogen-bond acceptors (Lipinski definition) is 5. The van der Waals surface area contributed by atoms with Gasteiger partial charge in [-0.25, -0.2) is 4.79 Å². The summed E-state index contributed by atoms with van der Waals surface area (Å²) in [5, 5.41) is 6.37. The first-order chi connectivity index (χ1) is 14.3. The number of carbonyl (C=O) groups excluding carboxylic acids is 3. The number of urea groups is 1. The molecule has 8 nitrogen and oxygen atoms in total. The maximum absolute atomic E-state index is 13.0. The second kappa shape index (κ2) is 7.38. The molecule has 0 unspecified atom stereocenters. The molecule has 0 saturated carbocycles. The summed E-state index contributed by atoms with van der Waals surface area (Å²) in [5.74, 6) is -0.361. The number of halogens is 1. The third kappa shape index (κ3) is 3.35. The predicted molar refractivity (Wildman–Crippen MR) is 110 cm³/mol. The monoisotopic (exact) mass is 427 g/mol. The third-order valence-corrected chi connectivity index (χ3v) is 5.23. The molecule has 2 aromatic carbocycles. The van der Waals surface area contributed by atoms with Gasteiger partial charge >= 0.3 is 6.03 Å². The topological polar surface area (TPSA) is 101 Å². The lowest BCUT2D eigenvalue weighted by atomic mass is 9.99. The number of fused-ring (bicyclic) bond motifs is 1. The van der Waals surface area contributed by atoms with E-state index in [0.717, 1.165) is 10.3 Å². The average Bonchev–Trinajstić information content (AvgIpc) is 3.24. The lowest BCUT2D eigenvalue weighted by Crippen LogP contribution is -2.41. The van der Waals surface area contributed by atoms with Gasteiger partial charge in [0.15, 0.2) is 5.54 Å². The van der Waals surface area contributed by atoms with Crippen molar-refractivity contribution in [3.63, 3.8) is 0 Å². The first kappa shape index (κ1) is 19.8. The van der Waals surface area contributed by atoms with Gasteiger partial charge in [0.2, 0.25) is 5.91 Å². The fraction of sp³-hybridized carbons (Fsp3) is 0.190. The highest BCUT2D eigenvalue weighted by Gasteiger charge is 2.51. The van der Waals surface area contributed by atoms with Gasteiger partial charge in [-0.1, -0.05) is 29.8 Å². The molecule has 1 aliphatic rings. The van der Waals surface area contributed by atoms with Gasteiger partial charge in [0.05, 0.1) is 12.1 Å². The van der Waals surface area contributed by atoms with Gasteiger partial charge in [-0.2, -0.15) is 0 Å². The summed E-state index contributed by atoms with van der Waals surface area (Å²) < 4.78 is 10.8. The Morgan fingerprint density at radius 3 is 2.70 bits per heavy atom. The lowest BCUT2D eigenvalue weighted by molar-refractivity contribution is -0.134. The molecule has 1 aromatic heterocycles. The highest BCUT2D eigenvalue weighted by Crippen LogP contribution is 2.33. The van der Waals surface area contributed by atoms with Gasteiger partial charge < -0.3 is 19.8 Å². The molecular formula is C21H18ClN3O5. The van der Waals surface area contributed by atoms with Crippen molar-refractivity contribution < 1.29 is 23.5 Å². The fourth-order valence-corrected chi connectivity index (χ4v) is 3.58. The van der Waals surface area contributed by atoms with Crippen molar-refractivity contribution in [2.45, 2.75) is 12.5 Å². The van der Waals surface area contributed by atoms with E-state index in [1.54, 1.807) is 31.2 Å². The van der Waals surface area contributed by atoms with Crippen molar-refractivity contribution in [2.75, 3.05) is 19.0 Å². The van der Waals surface area contributed by atoms with Crippen LogP contribution in [-0.4, -0.2) is 36.4 Å². The maximum atomic E-state index is 13.0. The number of rotatable bonds is 5. The van der Waals surface area contributed by atoms with E-state index in [1.807, 2.05) is 18.2 Å². The molecule has 4 amide bonds. The Kier molecular flexibility index (Phi) is 4.87. The van der Waals surface area contributed by atoms with Crippen LogP contribution in [0.25, 0.3) is 11.0 Å². The number of para-hydroxylation sites is 1. The van der Waals surface area contributed by atoms with E-state index in [9.17, 15) is 14.4 Å². The fourth-order valence-electron chi connectivity index (χ4n) is 3.32. The lowest BCUT2D eigenvalue weighted by Gasteiger charge is -2.19. The van der Waals surface area contributed by atoms with Crippen LogP contribution in [0.4, 0.5) is 10.5 Å². The average molecular weight is 428 g/mol. The Hall–Kier alpha value is -3.52. The molecule has 0 spiro atoms. The van der Waals surface area contributed by atoms with Crippen LogP contribution in [0.15, 0.2) is 52.9 Å². The molecule has 154 valence electrons. The quantitative estimate of drug-likeness (QED) is 0.607. The van der Waals surface area contributed by atoms with Crippen molar-refractivity contribution in [3.8, 4) is 5.75 Å². The Bertz CT molecular complexity index is 1140. The first-order valence-electron chi connectivity index (χ1n) is 9.08. The number of anilines is 1. The van der Waals surface area contributed by atoms with Crippen LogP contribution < -0.4 is 15.4 Å². The smallest absolute Gasteiger partial charge is 0.325 e. The number of carbonyl (C=O) groups is 3. The van der Waals surface area contributed by atoms with Gasteiger partial charge in [-0.15, -0.1) is 0 Å². The molecule has 30 heavy (non-hydrogen) atoms. The summed E-state index contributed by atoms with van der Waals surface area (Å²) in [6, 6.07) is 13.0. The van der Waals surface area contributed by atoms with E-state index in [1.165, 1.54) is 13.2 Å². The Labute approximate surface area is 176 Å². The molecule has 2 heterocycles. The van der Waals surface area contributed by atoms with Gasteiger partial charge in [0.1, 0.15) is 23.6 Å². The van der Waals surface area contributed by atoms with E-state index in [0.29, 0.717) is 27.8 Å². The molecule has 4 rings (SSSR count). The second-order valence-electron chi connectivity index (χ2n) is 6.99. The third-order valence-electron chi connectivity index (χ3n) is 4.93. The number of nitrogens with zero attached hydrogens (tertiary/aromatic N) is 1. The number of methoxy groups -OCH3 is 1. The van der Waals surface area contributed by atoms with Crippen LogP contribution in [0.5, 0.6) is 5.75 Å².